The topological polar surface area (TPSA) is 58.6 Å². The van der Waals surface area contributed by atoms with Crippen molar-refractivity contribution in [3.63, 3.8) is 0 Å². The monoisotopic (exact) mass is 231 g/mol. The third-order valence-corrected chi connectivity index (χ3v) is 2.39. The standard InChI is InChI=1S/C12H25NO3/c1-3-5-8-11(12(15)16-4-2)13-9-6-7-10-14/h11,13-14H,3-10H2,1-2H3. The van der Waals surface area contributed by atoms with Crippen LogP contribution in [0.25, 0.3) is 0 Å². The number of rotatable bonds is 10. The van der Waals surface area contributed by atoms with Gasteiger partial charge in [0.15, 0.2) is 0 Å². The molecule has 2 N–H and O–H groups in total. The number of carbonyl (C=O) groups is 1. The summed E-state index contributed by atoms with van der Waals surface area (Å²) in [6, 6.07) is -0.182. The maximum Gasteiger partial charge on any atom is 0.323 e. The van der Waals surface area contributed by atoms with Crippen LogP contribution in [0.4, 0.5) is 0 Å². The van der Waals surface area contributed by atoms with Gasteiger partial charge >= 0.3 is 5.97 Å². The zero-order valence-electron chi connectivity index (χ0n) is 10.5. The number of aliphatic hydroxyl groups is 1. The summed E-state index contributed by atoms with van der Waals surface area (Å²) in [6.07, 6.45) is 4.59. The molecule has 0 bridgehead atoms. The van der Waals surface area contributed by atoms with E-state index in [4.69, 9.17) is 9.84 Å². The summed E-state index contributed by atoms with van der Waals surface area (Å²) in [5.41, 5.74) is 0. The number of hydrogen-bond acceptors (Lipinski definition) is 4. The SMILES string of the molecule is CCCCC(NCCCCO)C(=O)OCC. The van der Waals surface area contributed by atoms with Crippen LogP contribution in [0.2, 0.25) is 0 Å². The van der Waals surface area contributed by atoms with E-state index >= 15 is 0 Å². The number of ether oxygens (including phenoxy) is 1. The molecule has 16 heavy (non-hydrogen) atoms. The summed E-state index contributed by atoms with van der Waals surface area (Å²) in [5, 5.41) is 11.8. The number of aliphatic hydroxyl groups excluding tert-OH is 1. The van der Waals surface area contributed by atoms with Crippen molar-refractivity contribution in [1.82, 2.24) is 5.32 Å². The molecule has 4 nitrogen and oxygen atoms in total. The van der Waals surface area contributed by atoms with Crippen LogP contribution < -0.4 is 5.32 Å². The van der Waals surface area contributed by atoms with E-state index in [9.17, 15) is 4.79 Å². The number of unbranched alkanes of at least 4 members (excludes halogenated alkanes) is 2. The van der Waals surface area contributed by atoms with Gasteiger partial charge in [-0.15, -0.1) is 0 Å². The first kappa shape index (κ1) is 15.4. The molecule has 0 saturated heterocycles. The molecular formula is C12H25NO3. The summed E-state index contributed by atoms with van der Waals surface area (Å²) in [5.74, 6) is -0.153. The minimum atomic E-state index is -0.182. The van der Waals surface area contributed by atoms with E-state index in [0.29, 0.717) is 6.61 Å². The molecule has 0 saturated carbocycles. The molecule has 0 aromatic carbocycles. The number of nitrogens with one attached hydrogen (secondary N) is 1. The van der Waals surface area contributed by atoms with Gasteiger partial charge in [-0.05, 0) is 32.7 Å². The van der Waals surface area contributed by atoms with Crippen LogP contribution in [0.5, 0.6) is 0 Å². The molecule has 4 heteroatoms. The minimum absolute atomic E-state index is 0.153. The van der Waals surface area contributed by atoms with Gasteiger partial charge in [0.2, 0.25) is 0 Å². The maximum atomic E-state index is 11.6. The van der Waals surface area contributed by atoms with Gasteiger partial charge in [0.25, 0.3) is 0 Å². The smallest absolute Gasteiger partial charge is 0.323 e. The van der Waals surface area contributed by atoms with E-state index in [1.54, 1.807) is 0 Å². The largest absolute Gasteiger partial charge is 0.465 e. The Morgan fingerprint density at radius 3 is 2.62 bits per heavy atom. The first-order valence-electron chi connectivity index (χ1n) is 6.27. The van der Waals surface area contributed by atoms with Crippen molar-refractivity contribution >= 4 is 5.97 Å². The van der Waals surface area contributed by atoms with Gasteiger partial charge in [-0.3, -0.25) is 4.79 Å². The molecule has 0 spiro atoms. The molecule has 96 valence electrons. The summed E-state index contributed by atoms with van der Waals surface area (Å²) < 4.78 is 5.01. The predicted molar refractivity (Wildman–Crippen MR) is 64.3 cm³/mol. The quantitative estimate of drug-likeness (QED) is 0.441. The summed E-state index contributed by atoms with van der Waals surface area (Å²) in [4.78, 5) is 11.6. The molecule has 0 aliphatic heterocycles. The molecule has 0 aliphatic carbocycles. The van der Waals surface area contributed by atoms with Crippen molar-refractivity contribution in [2.45, 2.75) is 52.0 Å². The van der Waals surface area contributed by atoms with Crippen LogP contribution in [0.15, 0.2) is 0 Å². The molecule has 0 aliphatic rings. The second kappa shape index (κ2) is 10.9. The third kappa shape index (κ3) is 7.65. The molecule has 0 radical (unpaired) electrons. The van der Waals surface area contributed by atoms with Crippen molar-refractivity contribution in [2.24, 2.45) is 0 Å². The normalized spacial score (nSPS) is 12.4. The van der Waals surface area contributed by atoms with E-state index in [-0.39, 0.29) is 18.6 Å². The maximum absolute atomic E-state index is 11.6. The van der Waals surface area contributed by atoms with Gasteiger partial charge in [-0.1, -0.05) is 19.8 Å². The predicted octanol–water partition coefficient (Wildman–Crippen LogP) is 1.47. The van der Waals surface area contributed by atoms with Crippen molar-refractivity contribution < 1.29 is 14.6 Å². The highest BCUT2D eigenvalue weighted by Gasteiger charge is 2.17. The highest BCUT2D eigenvalue weighted by atomic mass is 16.5. The molecule has 0 rings (SSSR count). The lowest BCUT2D eigenvalue weighted by Gasteiger charge is -2.16. The Balaban J connectivity index is 3.84. The second-order valence-corrected chi connectivity index (χ2v) is 3.83. The van der Waals surface area contributed by atoms with Crippen molar-refractivity contribution in [3.05, 3.63) is 0 Å². The average Bonchev–Trinajstić information content (AvgIpc) is 2.28. The number of esters is 1. The van der Waals surface area contributed by atoms with Gasteiger partial charge in [0, 0.05) is 6.61 Å². The highest BCUT2D eigenvalue weighted by Crippen LogP contribution is 2.03. The van der Waals surface area contributed by atoms with Crippen LogP contribution in [0.3, 0.4) is 0 Å². The Morgan fingerprint density at radius 1 is 1.31 bits per heavy atom. The number of carbonyl (C=O) groups excluding carboxylic acids is 1. The van der Waals surface area contributed by atoms with E-state index in [2.05, 4.69) is 12.2 Å². The first-order chi connectivity index (χ1) is 7.76. The first-order valence-corrected chi connectivity index (χ1v) is 6.27. The van der Waals surface area contributed by atoms with Gasteiger partial charge in [-0.2, -0.15) is 0 Å². The van der Waals surface area contributed by atoms with E-state index < -0.39 is 0 Å². The summed E-state index contributed by atoms with van der Waals surface area (Å²) >= 11 is 0. The average molecular weight is 231 g/mol. The van der Waals surface area contributed by atoms with E-state index in [1.165, 1.54) is 0 Å². The van der Waals surface area contributed by atoms with Crippen LogP contribution >= 0.6 is 0 Å². The highest BCUT2D eigenvalue weighted by molar-refractivity contribution is 5.75. The Morgan fingerprint density at radius 2 is 2.06 bits per heavy atom. The molecular weight excluding hydrogens is 206 g/mol. The minimum Gasteiger partial charge on any atom is -0.465 e. The van der Waals surface area contributed by atoms with Crippen molar-refractivity contribution in [1.29, 1.82) is 0 Å². The Labute approximate surface area is 98.4 Å². The fourth-order valence-electron chi connectivity index (χ4n) is 1.47. The van der Waals surface area contributed by atoms with Gasteiger partial charge < -0.3 is 15.2 Å². The van der Waals surface area contributed by atoms with Crippen molar-refractivity contribution in [3.8, 4) is 0 Å². The summed E-state index contributed by atoms with van der Waals surface area (Å²) in [7, 11) is 0. The lowest BCUT2D eigenvalue weighted by Crippen LogP contribution is -2.38. The molecule has 1 atom stereocenters. The molecule has 0 heterocycles. The van der Waals surface area contributed by atoms with Crippen LogP contribution in [0.1, 0.15) is 46.0 Å². The lowest BCUT2D eigenvalue weighted by atomic mass is 10.1. The Bertz CT molecular complexity index is 174. The number of hydrogen-bond donors (Lipinski definition) is 2. The molecule has 0 fully saturated rings. The summed E-state index contributed by atoms with van der Waals surface area (Å²) in [6.45, 7) is 5.32. The Kier molecular flexibility index (Phi) is 10.5. The van der Waals surface area contributed by atoms with E-state index in [0.717, 1.165) is 38.6 Å². The fourth-order valence-corrected chi connectivity index (χ4v) is 1.47. The molecule has 0 amide bonds. The van der Waals surface area contributed by atoms with Crippen LogP contribution in [0, 0.1) is 0 Å². The Hall–Kier alpha value is -0.610. The zero-order chi connectivity index (χ0) is 12.2. The van der Waals surface area contributed by atoms with Crippen LogP contribution in [-0.2, 0) is 9.53 Å². The van der Waals surface area contributed by atoms with E-state index in [1.807, 2.05) is 6.92 Å². The zero-order valence-corrected chi connectivity index (χ0v) is 10.5. The molecule has 0 aromatic heterocycles. The van der Waals surface area contributed by atoms with Gasteiger partial charge in [0.05, 0.1) is 6.61 Å². The molecule has 1 unspecified atom stereocenters. The second-order valence-electron chi connectivity index (χ2n) is 3.83. The van der Waals surface area contributed by atoms with Crippen LogP contribution in [-0.4, -0.2) is 36.9 Å². The lowest BCUT2D eigenvalue weighted by molar-refractivity contribution is -0.145. The van der Waals surface area contributed by atoms with Gasteiger partial charge in [0.1, 0.15) is 6.04 Å². The third-order valence-electron chi connectivity index (χ3n) is 2.39. The van der Waals surface area contributed by atoms with Crippen molar-refractivity contribution in [2.75, 3.05) is 19.8 Å². The van der Waals surface area contributed by atoms with Gasteiger partial charge in [-0.25, -0.2) is 0 Å². The molecule has 0 aromatic rings. The fraction of sp³-hybridized carbons (Fsp3) is 0.917.